The van der Waals surface area contributed by atoms with E-state index >= 15 is 0 Å². The number of rotatable bonds is 3. The molecule has 19 heavy (non-hydrogen) atoms. The summed E-state index contributed by atoms with van der Waals surface area (Å²) in [7, 11) is 0. The Balaban J connectivity index is 2.44. The van der Waals surface area contributed by atoms with Crippen LogP contribution < -0.4 is 4.74 Å². The van der Waals surface area contributed by atoms with Gasteiger partial charge in [0, 0.05) is 9.37 Å². The van der Waals surface area contributed by atoms with Crippen molar-refractivity contribution in [2.45, 2.75) is 4.90 Å². The zero-order valence-corrected chi connectivity index (χ0v) is 13.1. The Morgan fingerprint density at radius 2 is 2.05 bits per heavy atom. The molecule has 0 amide bonds. The van der Waals surface area contributed by atoms with E-state index in [9.17, 15) is 5.26 Å². The molecule has 2 nitrogen and oxygen atoms in total. The first kappa shape index (κ1) is 14.3. The maximum Gasteiger partial charge on any atom is 0.147 e. The molecule has 0 radical (unpaired) electrons. The Bertz CT molecular complexity index is 654. The molecular weight excluding hydrogens is 346 g/mol. The van der Waals surface area contributed by atoms with Crippen molar-refractivity contribution < 1.29 is 4.74 Å². The highest BCUT2D eigenvalue weighted by atomic mass is 79.9. The van der Waals surface area contributed by atoms with Gasteiger partial charge in [-0.25, -0.2) is 0 Å². The number of benzene rings is 2. The van der Waals surface area contributed by atoms with Gasteiger partial charge in [0.1, 0.15) is 23.1 Å². The first-order valence-corrected chi connectivity index (χ1v) is 7.75. The van der Waals surface area contributed by atoms with Crippen LogP contribution in [0.2, 0.25) is 5.02 Å². The highest BCUT2D eigenvalue weighted by molar-refractivity contribution is 9.10. The molecule has 0 fully saturated rings. The van der Waals surface area contributed by atoms with Crippen molar-refractivity contribution in [3.05, 3.63) is 51.5 Å². The summed E-state index contributed by atoms with van der Waals surface area (Å²) in [5.41, 5.74) is 0.519. The van der Waals surface area contributed by atoms with Crippen LogP contribution in [0.15, 0.2) is 45.8 Å². The molecule has 2 aromatic rings. The van der Waals surface area contributed by atoms with Crippen molar-refractivity contribution in [2.75, 3.05) is 6.26 Å². The summed E-state index contributed by atoms with van der Waals surface area (Å²) in [6, 6.07) is 13.0. The van der Waals surface area contributed by atoms with E-state index < -0.39 is 0 Å². The van der Waals surface area contributed by atoms with Crippen molar-refractivity contribution in [2.24, 2.45) is 0 Å². The summed E-state index contributed by atoms with van der Waals surface area (Å²) < 4.78 is 6.62. The Kier molecular flexibility index (Phi) is 4.76. The van der Waals surface area contributed by atoms with Crippen LogP contribution in [0.25, 0.3) is 0 Å². The number of ether oxygens (including phenoxy) is 1. The van der Waals surface area contributed by atoms with E-state index in [-0.39, 0.29) is 0 Å². The van der Waals surface area contributed by atoms with Crippen LogP contribution >= 0.6 is 39.3 Å². The highest BCUT2D eigenvalue weighted by Crippen LogP contribution is 2.35. The minimum atomic E-state index is 0.502. The van der Waals surface area contributed by atoms with Gasteiger partial charge in [-0.1, -0.05) is 33.6 Å². The molecule has 0 heterocycles. The lowest BCUT2D eigenvalue weighted by Gasteiger charge is -2.11. The average molecular weight is 355 g/mol. The minimum Gasteiger partial charge on any atom is -0.454 e. The van der Waals surface area contributed by atoms with Gasteiger partial charge in [-0.2, -0.15) is 5.26 Å². The topological polar surface area (TPSA) is 33.0 Å². The fourth-order valence-electron chi connectivity index (χ4n) is 1.55. The highest BCUT2D eigenvalue weighted by Gasteiger charge is 2.11. The fourth-order valence-corrected chi connectivity index (χ4v) is 2.61. The Hall–Kier alpha value is -1.15. The van der Waals surface area contributed by atoms with E-state index in [0.717, 1.165) is 9.37 Å². The molecule has 0 atom stereocenters. The normalized spacial score (nSPS) is 10.0. The second-order valence-corrected chi connectivity index (χ2v) is 5.79. The minimum absolute atomic E-state index is 0.502. The van der Waals surface area contributed by atoms with Gasteiger partial charge >= 0.3 is 0 Å². The van der Waals surface area contributed by atoms with Crippen LogP contribution in [0.5, 0.6) is 11.5 Å². The molecule has 2 aromatic carbocycles. The van der Waals surface area contributed by atoms with Crippen LogP contribution in [0, 0.1) is 11.3 Å². The maximum atomic E-state index is 9.25. The lowest BCUT2D eigenvalue weighted by Crippen LogP contribution is -1.91. The van der Waals surface area contributed by atoms with Gasteiger partial charge in [0.2, 0.25) is 0 Å². The van der Waals surface area contributed by atoms with Gasteiger partial charge in [0.05, 0.1) is 5.02 Å². The predicted octanol–water partition coefficient (Wildman–Crippen LogP) is 5.49. The third kappa shape index (κ3) is 3.24. The SMILES string of the molecule is CSc1cccc(Oc2cc(Br)ccc2Cl)c1C#N. The summed E-state index contributed by atoms with van der Waals surface area (Å²) in [4.78, 5) is 0.881. The summed E-state index contributed by atoms with van der Waals surface area (Å²) >= 11 is 11.0. The average Bonchev–Trinajstić information content (AvgIpc) is 2.42. The van der Waals surface area contributed by atoms with E-state index in [2.05, 4.69) is 22.0 Å². The van der Waals surface area contributed by atoms with E-state index in [0.29, 0.717) is 22.1 Å². The van der Waals surface area contributed by atoms with Crippen molar-refractivity contribution in [1.82, 2.24) is 0 Å². The van der Waals surface area contributed by atoms with E-state index in [4.69, 9.17) is 16.3 Å². The first-order valence-electron chi connectivity index (χ1n) is 5.35. The van der Waals surface area contributed by atoms with E-state index in [1.807, 2.05) is 24.5 Å². The van der Waals surface area contributed by atoms with Gasteiger partial charge in [-0.15, -0.1) is 11.8 Å². The summed E-state index contributed by atoms with van der Waals surface area (Å²) in [6.45, 7) is 0. The summed E-state index contributed by atoms with van der Waals surface area (Å²) in [5, 5.41) is 9.75. The van der Waals surface area contributed by atoms with Gasteiger partial charge in [0.25, 0.3) is 0 Å². The molecule has 0 N–H and O–H groups in total. The Labute approximate surface area is 129 Å². The number of halogens is 2. The molecule has 0 saturated carbocycles. The monoisotopic (exact) mass is 353 g/mol. The quantitative estimate of drug-likeness (QED) is 0.683. The smallest absolute Gasteiger partial charge is 0.147 e. The molecule has 0 bridgehead atoms. The summed E-state index contributed by atoms with van der Waals surface area (Å²) in [5.74, 6) is 1.03. The van der Waals surface area contributed by atoms with Crippen LogP contribution in [0.4, 0.5) is 0 Å². The Morgan fingerprint density at radius 3 is 2.74 bits per heavy atom. The largest absolute Gasteiger partial charge is 0.454 e. The number of thioether (sulfide) groups is 1. The molecule has 0 saturated heterocycles. The van der Waals surface area contributed by atoms with Gasteiger partial charge in [-0.05, 0) is 36.6 Å². The lowest BCUT2D eigenvalue weighted by atomic mass is 10.2. The van der Waals surface area contributed by atoms with Crippen LogP contribution in [-0.4, -0.2) is 6.26 Å². The van der Waals surface area contributed by atoms with E-state index in [1.54, 1.807) is 18.2 Å². The number of nitriles is 1. The van der Waals surface area contributed by atoms with E-state index in [1.165, 1.54) is 11.8 Å². The molecule has 0 aromatic heterocycles. The molecule has 0 spiro atoms. The third-order valence-corrected chi connectivity index (χ3v) is 4.02. The second kappa shape index (κ2) is 6.33. The third-order valence-electron chi connectivity index (χ3n) is 2.43. The fraction of sp³-hybridized carbons (Fsp3) is 0.0714. The van der Waals surface area contributed by atoms with Gasteiger partial charge in [0.15, 0.2) is 0 Å². The van der Waals surface area contributed by atoms with Crippen molar-refractivity contribution >= 4 is 39.3 Å². The van der Waals surface area contributed by atoms with Crippen molar-refractivity contribution in [3.63, 3.8) is 0 Å². The molecular formula is C14H9BrClNOS. The summed E-state index contributed by atoms with van der Waals surface area (Å²) in [6.07, 6.45) is 1.92. The van der Waals surface area contributed by atoms with Crippen molar-refractivity contribution in [1.29, 1.82) is 5.26 Å². The molecule has 2 rings (SSSR count). The molecule has 0 unspecified atom stereocenters. The molecule has 5 heteroatoms. The maximum absolute atomic E-state index is 9.25. The molecule has 0 aliphatic rings. The standard InChI is InChI=1S/C14H9BrClNOS/c1-19-14-4-2-3-12(10(14)8-17)18-13-7-9(15)5-6-11(13)16/h2-7H,1H3. The van der Waals surface area contributed by atoms with Crippen molar-refractivity contribution in [3.8, 4) is 17.6 Å². The molecule has 0 aliphatic heterocycles. The van der Waals surface area contributed by atoms with Gasteiger partial charge in [-0.3, -0.25) is 0 Å². The second-order valence-electron chi connectivity index (χ2n) is 3.62. The number of nitrogens with zero attached hydrogens (tertiary/aromatic N) is 1. The zero-order chi connectivity index (χ0) is 13.8. The number of hydrogen-bond donors (Lipinski definition) is 0. The lowest BCUT2D eigenvalue weighted by molar-refractivity contribution is 0.479. The van der Waals surface area contributed by atoms with Crippen LogP contribution in [-0.2, 0) is 0 Å². The predicted molar refractivity (Wildman–Crippen MR) is 82.2 cm³/mol. The first-order chi connectivity index (χ1) is 9.15. The number of hydrogen-bond acceptors (Lipinski definition) is 3. The van der Waals surface area contributed by atoms with Gasteiger partial charge < -0.3 is 4.74 Å². The van der Waals surface area contributed by atoms with Crippen LogP contribution in [0.1, 0.15) is 5.56 Å². The molecule has 0 aliphatic carbocycles. The molecule has 96 valence electrons. The van der Waals surface area contributed by atoms with Crippen LogP contribution in [0.3, 0.4) is 0 Å². The Morgan fingerprint density at radius 1 is 1.26 bits per heavy atom. The zero-order valence-electron chi connectivity index (χ0n) is 9.98.